The summed E-state index contributed by atoms with van der Waals surface area (Å²) in [6.07, 6.45) is 0. The van der Waals surface area contributed by atoms with Gasteiger partial charge in [-0.15, -0.1) is 12.4 Å². The normalized spacial score (nSPS) is 15.2. The lowest BCUT2D eigenvalue weighted by Crippen LogP contribution is -2.40. The molecule has 0 spiro atoms. The molecule has 1 amide bonds. The molecule has 17 heavy (non-hydrogen) atoms. The Morgan fingerprint density at radius 3 is 2.71 bits per heavy atom. The maximum absolute atomic E-state index is 12.1. The third-order valence-corrected chi connectivity index (χ3v) is 2.71. The predicted molar refractivity (Wildman–Crippen MR) is 68.3 cm³/mol. The summed E-state index contributed by atoms with van der Waals surface area (Å²) in [7, 11) is 0. The van der Waals surface area contributed by atoms with Gasteiger partial charge < -0.3 is 15.4 Å². The smallest absolute Gasteiger partial charge is 0.254 e. The van der Waals surface area contributed by atoms with Gasteiger partial charge in [-0.05, 0) is 17.7 Å². The third-order valence-electron chi connectivity index (χ3n) is 2.71. The Bertz CT molecular complexity index is 379. The number of nitrogens with two attached hydrogens (primary N) is 1. The van der Waals surface area contributed by atoms with Crippen LogP contribution in [-0.2, 0) is 11.3 Å². The lowest BCUT2D eigenvalue weighted by molar-refractivity contribution is 0.0303. The molecular formula is C12H17ClN2O2. The van der Waals surface area contributed by atoms with E-state index >= 15 is 0 Å². The molecule has 1 heterocycles. The molecule has 0 aromatic heterocycles. The summed E-state index contributed by atoms with van der Waals surface area (Å²) in [6, 6.07) is 7.49. The first-order chi connectivity index (χ1) is 7.81. The maximum Gasteiger partial charge on any atom is 0.254 e. The highest BCUT2D eigenvalue weighted by Gasteiger charge is 2.18. The van der Waals surface area contributed by atoms with Crippen molar-refractivity contribution < 1.29 is 9.53 Å². The Labute approximate surface area is 107 Å². The van der Waals surface area contributed by atoms with Crippen LogP contribution >= 0.6 is 12.4 Å². The van der Waals surface area contributed by atoms with Gasteiger partial charge in [0.2, 0.25) is 0 Å². The molecular weight excluding hydrogens is 240 g/mol. The molecule has 2 N–H and O–H groups in total. The molecule has 5 heteroatoms. The lowest BCUT2D eigenvalue weighted by atomic mass is 10.1. The molecule has 1 aromatic rings. The molecule has 0 unspecified atom stereocenters. The molecule has 94 valence electrons. The zero-order chi connectivity index (χ0) is 11.4. The first-order valence-corrected chi connectivity index (χ1v) is 5.47. The molecule has 0 aliphatic carbocycles. The highest BCUT2D eigenvalue weighted by molar-refractivity contribution is 5.94. The van der Waals surface area contributed by atoms with Crippen molar-refractivity contribution in [3.63, 3.8) is 0 Å². The van der Waals surface area contributed by atoms with E-state index in [1.165, 1.54) is 0 Å². The van der Waals surface area contributed by atoms with Crippen LogP contribution in [0.4, 0.5) is 0 Å². The van der Waals surface area contributed by atoms with Gasteiger partial charge in [0.25, 0.3) is 5.91 Å². The van der Waals surface area contributed by atoms with E-state index in [1.54, 1.807) is 0 Å². The molecule has 0 atom stereocenters. The van der Waals surface area contributed by atoms with Crippen molar-refractivity contribution >= 4 is 18.3 Å². The Hall–Kier alpha value is -1.10. The number of amides is 1. The lowest BCUT2D eigenvalue weighted by Gasteiger charge is -2.27. The van der Waals surface area contributed by atoms with Crippen LogP contribution < -0.4 is 5.73 Å². The molecule has 4 nitrogen and oxygen atoms in total. The van der Waals surface area contributed by atoms with E-state index in [2.05, 4.69) is 0 Å². The van der Waals surface area contributed by atoms with Gasteiger partial charge in [0, 0.05) is 25.2 Å². The van der Waals surface area contributed by atoms with E-state index in [0.29, 0.717) is 38.4 Å². The summed E-state index contributed by atoms with van der Waals surface area (Å²) >= 11 is 0. The molecule has 0 radical (unpaired) electrons. The van der Waals surface area contributed by atoms with Gasteiger partial charge in [-0.1, -0.05) is 12.1 Å². The van der Waals surface area contributed by atoms with E-state index in [-0.39, 0.29) is 18.3 Å². The van der Waals surface area contributed by atoms with Crippen LogP contribution in [0, 0.1) is 0 Å². The highest BCUT2D eigenvalue weighted by atomic mass is 35.5. The first-order valence-electron chi connectivity index (χ1n) is 5.47. The quantitative estimate of drug-likeness (QED) is 0.860. The van der Waals surface area contributed by atoms with Crippen molar-refractivity contribution in [3.8, 4) is 0 Å². The minimum atomic E-state index is 0. The van der Waals surface area contributed by atoms with Crippen LogP contribution in [-0.4, -0.2) is 37.1 Å². The molecule has 0 saturated carbocycles. The zero-order valence-electron chi connectivity index (χ0n) is 9.59. The van der Waals surface area contributed by atoms with Gasteiger partial charge in [0.05, 0.1) is 13.2 Å². The maximum atomic E-state index is 12.1. The monoisotopic (exact) mass is 256 g/mol. The average molecular weight is 257 g/mol. The third kappa shape index (κ3) is 3.43. The van der Waals surface area contributed by atoms with E-state index in [0.717, 1.165) is 5.56 Å². The van der Waals surface area contributed by atoms with Gasteiger partial charge in [-0.2, -0.15) is 0 Å². The van der Waals surface area contributed by atoms with Gasteiger partial charge in [-0.25, -0.2) is 0 Å². The highest BCUT2D eigenvalue weighted by Crippen LogP contribution is 2.09. The van der Waals surface area contributed by atoms with Crippen LogP contribution in [0.25, 0.3) is 0 Å². The molecule has 1 aromatic carbocycles. The number of nitrogens with zero attached hydrogens (tertiary/aromatic N) is 1. The summed E-state index contributed by atoms with van der Waals surface area (Å²) < 4.78 is 5.22. The molecule has 1 saturated heterocycles. The number of hydrogen-bond acceptors (Lipinski definition) is 3. The largest absolute Gasteiger partial charge is 0.378 e. The van der Waals surface area contributed by atoms with Crippen LogP contribution in [0.1, 0.15) is 15.9 Å². The second-order valence-electron chi connectivity index (χ2n) is 3.81. The van der Waals surface area contributed by atoms with Gasteiger partial charge >= 0.3 is 0 Å². The number of carbonyl (C=O) groups excluding carboxylic acids is 1. The SMILES string of the molecule is Cl.NCc1cccc(C(=O)N2CCOCC2)c1. The number of halogens is 1. The minimum absolute atomic E-state index is 0. The van der Waals surface area contributed by atoms with E-state index in [9.17, 15) is 4.79 Å². The molecule has 2 rings (SSSR count). The number of rotatable bonds is 2. The molecule has 0 bridgehead atoms. The Morgan fingerprint density at radius 1 is 1.35 bits per heavy atom. The van der Waals surface area contributed by atoms with Crippen molar-refractivity contribution in [2.75, 3.05) is 26.3 Å². The number of hydrogen-bond donors (Lipinski definition) is 1. The van der Waals surface area contributed by atoms with E-state index in [4.69, 9.17) is 10.5 Å². The number of carbonyl (C=O) groups is 1. The minimum Gasteiger partial charge on any atom is -0.378 e. The molecule has 1 fully saturated rings. The zero-order valence-corrected chi connectivity index (χ0v) is 10.4. The van der Waals surface area contributed by atoms with Crippen molar-refractivity contribution in [2.45, 2.75) is 6.54 Å². The Morgan fingerprint density at radius 2 is 2.06 bits per heavy atom. The summed E-state index contributed by atoms with van der Waals surface area (Å²) in [6.45, 7) is 3.06. The second kappa shape index (κ2) is 6.59. The Kier molecular flexibility index (Phi) is 5.41. The van der Waals surface area contributed by atoms with Gasteiger partial charge in [0.15, 0.2) is 0 Å². The number of morpholine rings is 1. The fraction of sp³-hybridized carbons (Fsp3) is 0.417. The molecule has 1 aliphatic heterocycles. The second-order valence-corrected chi connectivity index (χ2v) is 3.81. The Balaban J connectivity index is 0.00000144. The summed E-state index contributed by atoms with van der Waals surface area (Å²) in [5, 5.41) is 0. The molecule has 1 aliphatic rings. The fourth-order valence-electron chi connectivity index (χ4n) is 1.78. The predicted octanol–water partition coefficient (Wildman–Crippen LogP) is 1.04. The average Bonchev–Trinajstić information content (AvgIpc) is 2.39. The van der Waals surface area contributed by atoms with Crippen molar-refractivity contribution in [1.82, 2.24) is 4.90 Å². The van der Waals surface area contributed by atoms with Crippen LogP contribution in [0.15, 0.2) is 24.3 Å². The summed E-state index contributed by atoms with van der Waals surface area (Å²) in [4.78, 5) is 13.9. The standard InChI is InChI=1S/C12H16N2O2.ClH/c13-9-10-2-1-3-11(8-10)12(15)14-4-6-16-7-5-14;/h1-3,8H,4-7,9,13H2;1H. The van der Waals surface area contributed by atoms with Gasteiger partial charge in [-0.3, -0.25) is 4.79 Å². The summed E-state index contributed by atoms with van der Waals surface area (Å²) in [5.41, 5.74) is 7.25. The van der Waals surface area contributed by atoms with Gasteiger partial charge in [0.1, 0.15) is 0 Å². The summed E-state index contributed by atoms with van der Waals surface area (Å²) in [5.74, 6) is 0.0681. The number of benzene rings is 1. The number of ether oxygens (including phenoxy) is 1. The van der Waals surface area contributed by atoms with Crippen LogP contribution in [0.5, 0.6) is 0 Å². The van der Waals surface area contributed by atoms with Crippen molar-refractivity contribution in [3.05, 3.63) is 35.4 Å². The van der Waals surface area contributed by atoms with Crippen LogP contribution in [0.2, 0.25) is 0 Å². The van der Waals surface area contributed by atoms with Crippen LogP contribution in [0.3, 0.4) is 0 Å². The van der Waals surface area contributed by atoms with Crippen molar-refractivity contribution in [2.24, 2.45) is 5.73 Å². The van der Waals surface area contributed by atoms with E-state index < -0.39 is 0 Å². The fourth-order valence-corrected chi connectivity index (χ4v) is 1.78. The van der Waals surface area contributed by atoms with E-state index in [1.807, 2.05) is 29.2 Å². The first kappa shape index (κ1) is 14.0. The topological polar surface area (TPSA) is 55.6 Å². The van der Waals surface area contributed by atoms with Crippen molar-refractivity contribution in [1.29, 1.82) is 0 Å².